The molecule has 2 amide bonds. The quantitative estimate of drug-likeness (QED) is 0.587. The van der Waals surface area contributed by atoms with E-state index in [9.17, 15) is 9.59 Å². The van der Waals surface area contributed by atoms with Crippen LogP contribution in [0.5, 0.6) is 11.5 Å². The SMILES string of the molecule is CC[C@H](C(=O)N[C@@H](C)CC)N(Cc1cccc(OC)c1)C(=O)COc1cccc(C)c1. The molecule has 0 aliphatic carbocycles. The van der Waals surface area contributed by atoms with Gasteiger partial charge in [0.25, 0.3) is 5.91 Å². The van der Waals surface area contributed by atoms with Crippen LogP contribution in [0.1, 0.15) is 44.7 Å². The maximum absolute atomic E-state index is 13.2. The zero-order valence-electron chi connectivity index (χ0n) is 19.2. The number of aryl methyl sites for hydroxylation is 1. The van der Waals surface area contributed by atoms with E-state index in [1.165, 1.54) is 0 Å². The second-order valence-corrected chi connectivity index (χ2v) is 7.72. The molecule has 0 unspecified atom stereocenters. The summed E-state index contributed by atoms with van der Waals surface area (Å²) < 4.78 is 11.0. The third-order valence-electron chi connectivity index (χ3n) is 5.23. The van der Waals surface area contributed by atoms with Crippen molar-refractivity contribution in [1.82, 2.24) is 10.2 Å². The van der Waals surface area contributed by atoms with Crippen molar-refractivity contribution in [2.45, 2.75) is 59.2 Å². The normalized spacial score (nSPS) is 12.5. The van der Waals surface area contributed by atoms with Crippen LogP contribution in [0.4, 0.5) is 0 Å². The van der Waals surface area contributed by atoms with Crippen LogP contribution in [0.2, 0.25) is 0 Å². The second-order valence-electron chi connectivity index (χ2n) is 7.72. The topological polar surface area (TPSA) is 67.9 Å². The molecule has 0 aliphatic heterocycles. The van der Waals surface area contributed by atoms with Gasteiger partial charge in [0.1, 0.15) is 17.5 Å². The number of rotatable bonds is 11. The fourth-order valence-electron chi connectivity index (χ4n) is 3.26. The fourth-order valence-corrected chi connectivity index (χ4v) is 3.26. The standard InChI is InChI=1S/C25H34N2O4/c1-6-19(4)26-25(29)23(7-2)27(16-20-11-9-12-21(15-20)30-5)24(28)17-31-22-13-8-10-18(3)14-22/h8-15,19,23H,6-7,16-17H2,1-5H3,(H,26,29)/t19-,23+/m0/s1. The second kappa shape index (κ2) is 12.0. The Morgan fingerprint density at radius 1 is 1.03 bits per heavy atom. The molecule has 0 saturated heterocycles. The molecule has 31 heavy (non-hydrogen) atoms. The number of carbonyl (C=O) groups is 2. The van der Waals surface area contributed by atoms with Gasteiger partial charge in [-0.1, -0.05) is 38.1 Å². The van der Waals surface area contributed by atoms with Gasteiger partial charge in [0.05, 0.1) is 7.11 Å². The molecule has 2 atom stereocenters. The van der Waals surface area contributed by atoms with Crippen molar-refractivity contribution in [2.24, 2.45) is 0 Å². The van der Waals surface area contributed by atoms with Crippen LogP contribution < -0.4 is 14.8 Å². The van der Waals surface area contributed by atoms with E-state index in [1.54, 1.807) is 12.0 Å². The largest absolute Gasteiger partial charge is 0.497 e. The summed E-state index contributed by atoms with van der Waals surface area (Å²) >= 11 is 0. The third-order valence-corrected chi connectivity index (χ3v) is 5.23. The first kappa shape index (κ1) is 24.3. The van der Waals surface area contributed by atoms with E-state index >= 15 is 0 Å². The molecule has 2 aromatic carbocycles. The maximum Gasteiger partial charge on any atom is 0.261 e. The molecule has 2 aromatic rings. The molecule has 0 spiro atoms. The smallest absolute Gasteiger partial charge is 0.261 e. The number of nitrogens with zero attached hydrogens (tertiary/aromatic N) is 1. The Hall–Kier alpha value is -3.02. The summed E-state index contributed by atoms with van der Waals surface area (Å²) in [7, 11) is 1.60. The van der Waals surface area contributed by atoms with Crippen LogP contribution in [0.25, 0.3) is 0 Å². The van der Waals surface area contributed by atoms with Crippen LogP contribution in [0.15, 0.2) is 48.5 Å². The van der Waals surface area contributed by atoms with Crippen molar-refractivity contribution in [2.75, 3.05) is 13.7 Å². The van der Waals surface area contributed by atoms with E-state index < -0.39 is 6.04 Å². The van der Waals surface area contributed by atoms with Crippen molar-refractivity contribution < 1.29 is 19.1 Å². The van der Waals surface area contributed by atoms with Crippen molar-refractivity contribution in [3.05, 3.63) is 59.7 Å². The summed E-state index contributed by atoms with van der Waals surface area (Å²) in [6, 6.07) is 14.5. The van der Waals surface area contributed by atoms with E-state index in [4.69, 9.17) is 9.47 Å². The molecule has 2 rings (SSSR count). The minimum atomic E-state index is -0.589. The molecule has 0 aliphatic rings. The summed E-state index contributed by atoms with van der Waals surface area (Å²) in [6.45, 7) is 8.00. The Morgan fingerprint density at radius 3 is 2.39 bits per heavy atom. The Labute approximate surface area is 185 Å². The van der Waals surface area contributed by atoms with E-state index in [-0.39, 0.29) is 24.5 Å². The van der Waals surface area contributed by atoms with Gasteiger partial charge in [-0.2, -0.15) is 0 Å². The lowest BCUT2D eigenvalue weighted by Gasteiger charge is -2.31. The minimum Gasteiger partial charge on any atom is -0.497 e. The summed E-state index contributed by atoms with van der Waals surface area (Å²) in [5.41, 5.74) is 1.94. The number of methoxy groups -OCH3 is 1. The van der Waals surface area contributed by atoms with Gasteiger partial charge in [0.2, 0.25) is 5.91 Å². The maximum atomic E-state index is 13.2. The Bertz CT molecular complexity index is 868. The van der Waals surface area contributed by atoms with Gasteiger partial charge < -0.3 is 19.7 Å². The Kier molecular flexibility index (Phi) is 9.38. The summed E-state index contributed by atoms with van der Waals surface area (Å²) in [5, 5.41) is 3.01. The monoisotopic (exact) mass is 426 g/mol. The highest BCUT2D eigenvalue weighted by molar-refractivity contribution is 5.88. The van der Waals surface area contributed by atoms with Crippen LogP contribution in [0.3, 0.4) is 0 Å². The predicted molar refractivity (Wildman–Crippen MR) is 122 cm³/mol. The lowest BCUT2D eigenvalue weighted by molar-refractivity contribution is -0.143. The molecular weight excluding hydrogens is 392 g/mol. The molecular formula is C25H34N2O4. The highest BCUT2D eigenvalue weighted by Crippen LogP contribution is 2.18. The van der Waals surface area contributed by atoms with E-state index in [0.717, 1.165) is 17.5 Å². The summed E-state index contributed by atoms with van der Waals surface area (Å²) in [4.78, 5) is 27.8. The van der Waals surface area contributed by atoms with Crippen molar-refractivity contribution in [3.63, 3.8) is 0 Å². The average molecular weight is 427 g/mol. The lowest BCUT2D eigenvalue weighted by Crippen LogP contribution is -2.51. The van der Waals surface area contributed by atoms with Crippen LogP contribution in [0, 0.1) is 6.92 Å². The molecule has 0 heterocycles. The number of amides is 2. The van der Waals surface area contributed by atoms with Gasteiger partial charge >= 0.3 is 0 Å². The van der Waals surface area contributed by atoms with Crippen molar-refractivity contribution >= 4 is 11.8 Å². The van der Waals surface area contributed by atoms with Crippen LogP contribution >= 0.6 is 0 Å². The Balaban J connectivity index is 2.23. The van der Waals surface area contributed by atoms with Crippen LogP contribution in [-0.4, -0.2) is 42.5 Å². The molecule has 0 aromatic heterocycles. The molecule has 0 fully saturated rings. The summed E-state index contributed by atoms with van der Waals surface area (Å²) in [5.74, 6) is 0.948. The van der Waals surface area contributed by atoms with Gasteiger partial charge in [0, 0.05) is 12.6 Å². The van der Waals surface area contributed by atoms with E-state index in [1.807, 2.05) is 76.2 Å². The molecule has 0 radical (unpaired) electrons. The lowest BCUT2D eigenvalue weighted by atomic mass is 10.1. The number of benzene rings is 2. The van der Waals surface area contributed by atoms with Gasteiger partial charge in [-0.05, 0) is 62.1 Å². The average Bonchev–Trinajstić information content (AvgIpc) is 2.77. The minimum absolute atomic E-state index is 0.0406. The molecule has 168 valence electrons. The number of hydrogen-bond acceptors (Lipinski definition) is 4. The first-order valence-corrected chi connectivity index (χ1v) is 10.8. The van der Waals surface area contributed by atoms with Gasteiger partial charge in [0.15, 0.2) is 6.61 Å². The highest BCUT2D eigenvalue weighted by atomic mass is 16.5. The van der Waals surface area contributed by atoms with Gasteiger partial charge in [-0.3, -0.25) is 9.59 Å². The molecule has 6 nitrogen and oxygen atoms in total. The Morgan fingerprint density at radius 2 is 1.74 bits per heavy atom. The fraction of sp³-hybridized carbons (Fsp3) is 0.440. The predicted octanol–water partition coefficient (Wildman–Crippen LogP) is 4.10. The number of nitrogens with one attached hydrogen (secondary N) is 1. The molecule has 6 heteroatoms. The van der Waals surface area contributed by atoms with Gasteiger partial charge in [-0.15, -0.1) is 0 Å². The zero-order chi connectivity index (χ0) is 22.8. The first-order valence-electron chi connectivity index (χ1n) is 10.8. The number of hydrogen-bond donors (Lipinski definition) is 1. The molecule has 0 saturated carbocycles. The third kappa shape index (κ3) is 7.31. The van der Waals surface area contributed by atoms with E-state index in [0.29, 0.717) is 24.5 Å². The highest BCUT2D eigenvalue weighted by Gasteiger charge is 2.29. The zero-order valence-corrected chi connectivity index (χ0v) is 19.2. The van der Waals surface area contributed by atoms with Gasteiger partial charge in [-0.25, -0.2) is 0 Å². The van der Waals surface area contributed by atoms with E-state index in [2.05, 4.69) is 5.32 Å². The summed E-state index contributed by atoms with van der Waals surface area (Å²) in [6.07, 6.45) is 1.32. The molecule has 0 bridgehead atoms. The number of carbonyl (C=O) groups excluding carboxylic acids is 2. The number of ether oxygens (including phenoxy) is 2. The molecule has 1 N–H and O–H groups in total. The van der Waals surface area contributed by atoms with Crippen molar-refractivity contribution in [1.29, 1.82) is 0 Å². The van der Waals surface area contributed by atoms with Crippen molar-refractivity contribution in [3.8, 4) is 11.5 Å². The van der Waals surface area contributed by atoms with Crippen LogP contribution in [-0.2, 0) is 16.1 Å². The first-order chi connectivity index (χ1) is 14.9.